The van der Waals surface area contributed by atoms with Crippen LogP contribution in [0.1, 0.15) is 31.9 Å². The lowest BCUT2D eigenvalue weighted by Crippen LogP contribution is -2.44. The summed E-state index contributed by atoms with van der Waals surface area (Å²) in [6, 6.07) is 7.85. The van der Waals surface area contributed by atoms with Crippen LogP contribution < -0.4 is 15.4 Å². The summed E-state index contributed by atoms with van der Waals surface area (Å²) in [5.74, 6) is 1.13. The molecular weight excluding hydrogens is 345 g/mol. The lowest BCUT2D eigenvalue weighted by atomic mass is 10.0. The maximum atomic E-state index is 12.3. The molecule has 2 N–H and O–H groups in total. The molecule has 5 nitrogen and oxygen atoms in total. The Bertz CT molecular complexity index is 560. The van der Waals surface area contributed by atoms with Crippen LogP contribution in [0.4, 0.5) is 13.2 Å². The number of nitrogens with zero attached hydrogens (tertiary/aromatic N) is 2. The minimum Gasteiger partial charge on any atom is -0.497 e. The van der Waals surface area contributed by atoms with E-state index in [0.29, 0.717) is 12.5 Å². The Morgan fingerprint density at radius 3 is 2.46 bits per heavy atom. The van der Waals surface area contributed by atoms with E-state index in [1.807, 2.05) is 24.3 Å². The van der Waals surface area contributed by atoms with Gasteiger partial charge in [0.15, 0.2) is 5.96 Å². The summed E-state index contributed by atoms with van der Waals surface area (Å²) < 4.78 is 42.2. The minimum atomic E-state index is -4.18. The molecule has 26 heavy (non-hydrogen) atoms. The van der Waals surface area contributed by atoms with Crippen LogP contribution in [-0.2, 0) is 0 Å². The largest absolute Gasteiger partial charge is 0.497 e. The van der Waals surface area contributed by atoms with Gasteiger partial charge >= 0.3 is 6.18 Å². The average molecular weight is 374 g/mol. The number of benzene rings is 1. The molecular formula is C18H29F3N4O. The van der Waals surface area contributed by atoms with Gasteiger partial charge < -0.3 is 15.4 Å². The molecule has 1 atom stereocenters. The van der Waals surface area contributed by atoms with Gasteiger partial charge in [-0.2, -0.15) is 13.2 Å². The number of likely N-dealkylation sites (N-methyl/N-ethyl adjacent to an activating group) is 1. The third-order valence-corrected chi connectivity index (χ3v) is 4.12. The molecule has 0 heterocycles. The minimum absolute atomic E-state index is 0.0428. The van der Waals surface area contributed by atoms with Crippen molar-refractivity contribution in [2.75, 3.05) is 40.3 Å². The van der Waals surface area contributed by atoms with Crippen molar-refractivity contribution in [3.63, 3.8) is 0 Å². The van der Waals surface area contributed by atoms with Crippen molar-refractivity contribution < 1.29 is 17.9 Å². The highest BCUT2D eigenvalue weighted by molar-refractivity contribution is 5.79. The Labute approximate surface area is 153 Å². The molecule has 0 bridgehead atoms. The number of methoxy groups -OCH3 is 1. The monoisotopic (exact) mass is 374 g/mol. The number of ether oxygens (including phenoxy) is 1. The fourth-order valence-electron chi connectivity index (χ4n) is 2.71. The van der Waals surface area contributed by atoms with Crippen LogP contribution in [0.5, 0.6) is 5.75 Å². The second-order valence-electron chi connectivity index (χ2n) is 5.76. The van der Waals surface area contributed by atoms with Gasteiger partial charge in [0.1, 0.15) is 5.75 Å². The van der Waals surface area contributed by atoms with Gasteiger partial charge in [-0.25, -0.2) is 0 Å². The molecule has 0 radical (unpaired) electrons. The van der Waals surface area contributed by atoms with E-state index in [4.69, 9.17) is 4.74 Å². The molecule has 1 aromatic rings. The SMILES string of the molecule is CCN(CC)C(CNC(=NC)NCCC(F)(F)F)c1cccc(OC)c1. The molecule has 0 aliphatic heterocycles. The van der Waals surface area contributed by atoms with E-state index in [2.05, 4.69) is 34.4 Å². The normalized spacial score (nSPS) is 13.6. The van der Waals surface area contributed by atoms with Gasteiger partial charge in [-0.15, -0.1) is 0 Å². The highest BCUT2D eigenvalue weighted by Gasteiger charge is 2.26. The highest BCUT2D eigenvalue weighted by atomic mass is 19.4. The molecule has 0 aliphatic carbocycles. The molecule has 0 saturated heterocycles. The summed E-state index contributed by atoms with van der Waals surface area (Å²) in [7, 11) is 3.16. The standard InChI is InChI=1S/C18H29F3N4O/c1-5-25(6-2)16(14-8-7-9-15(12-14)26-4)13-24-17(22-3)23-11-10-18(19,20)21/h7-9,12,16H,5-6,10-11,13H2,1-4H3,(H2,22,23,24). The van der Waals surface area contributed by atoms with Crippen LogP contribution in [0, 0.1) is 0 Å². The maximum Gasteiger partial charge on any atom is 0.390 e. The fourth-order valence-corrected chi connectivity index (χ4v) is 2.71. The molecule has 0 amide bonds. The van der Waals surface area contributed by atoms with E-state index < -0.39 is 12.6 Å². The molecule has 1 rings (SSSR count). The zero-order valence-corrected chi connectivity index (χ0v) is 15.9. The van der Waals surface area contributed by atoms with Crippen molar-refractivity contribution in [1.29, 1.82) is 0 Å². The molecule has 0 aliphatic rings. The number of alkyl halides is 3. The Morgan fingerprint density at radius 2 is 1.92 bits per heavy atom. The van der Waals surface area contributed by atoms with Gasteiger partial charge in [-0.05, 0) is 30.8 Å². The number of aliphatic imine (C=N–C) groups is 1. The van der Waals surface area contributed by atoms with Gasteiger partial charge in [0.2, 0.25) is 0 Å². The van der Waals surface area contributed by atoms with Crippen LogP contribution in [0.2, 0.25) is 0 Å². The Hall–Kier alpha value is -1.96. The van der Waals surface area contributed by atoms with E-state index in [1.165, 1.54) is 0 Å². The first kappa shape index (κ1) is 22.1. The van der Waals surface area contributed by atoms with E-state index in [9.17, 15) is 13.2 Å². The van der Waals surface area contributed by atoms with Gasteiger partial charge in [0.05, 0.1) is 19.6 Å². The quantitative estimate of drug-likeness (QED) is 0.515. The van der Waals surface area contributed by atoms with Crippen molar-refractivity contribution in [2.24, 2.45) is 4.99 Å². The molecule has 0 fully saturated rings. The highest BCUT2D eigenvalue weighted by Crippen LogP contribution is 2.24. The summed E-state index contributed by atoms with van der Waals surface area (Å²) >= 11 is 0. The van der Waals surface area contributed by atoms with Crippen molar-refractivity contribution in [2.45, 2.75) is 32.5 Å². The second-order valence-corrected chi connectivity index (χ2v) is 5.76. The molecule has 148 valence electrons. The Morgan fingerprint density at radius 1 is 1.23 bits per heavy atom. The molecule has 8 heteroatoms. The molecule has 1 aromatic carbocycles. The van der Waals surface area contributed by atoms with Gasteiger partial charge in [-0.3, -0.25) is 9.89 Å². The summed E-state index contributed by atoms with van der Waals surface area (Å²) in [6.45, 7) is 6.15. The summed E-state index contributed by atoms with van der Waals surface area (Å²) in [6.07, 6.45) is -5.08. The summed E-state index contributed by atoms with van der Waals surface area (Å²) in [5, 5.41) is 5.84. The number of rotatable bonds is 9. The number of nitrogens with one attached hydrogen (secondary N) is 2. The smallest absolute Gasteiger partial charge is 0.390 e. The lowest BCUT2D eigenvalue weighted by Gasteiger charge is -2.31. The first-order valence-electron chi connectivity index (χ1n) is 8.73. The summed E-state index contributed by atoms with van der Waals surface area (Å²) in [5.41, 5.74) is 1.08. The van der Waals surface area contributed by atoms with Gasteiger partial charge in [0, 0.05) is 20.1 Å². The molecule has 0 saturated carbocycles. The van der Waals surface area contributed by atoms with E-state index in [1.54, 1.807) is 14.2 Å². The maximum absolute atomic E-state index is 12.3. The van der Waals surface area contributed by atoms with E-state index in [0.717, 1.165) is 24.4 Å². The topological polar surface area (TPSA) is 48.9 Å². The Balaban J connectivity index is 2.79. The predicted octanol–water partition coefficient (Wildman–Crippen LogP) is 3.20. The van der Waals surface area contributed by atoms with Crippen molar-refractivity contribution in [3.8, 4) is 5.75 Å². The van der Waals surface area contributed by atoms with Gasteiger partial charge in [0.25, 0.3) is 0 Å². The zero-order chi connectivity index (χ0) is 19.6. The fraction of sp³-hybridized carbons (Fsp3) is 0.611. The number of hydrogen-bond donors (Lipinski definition) is 2. The average Bonchev–Trinajstić information content (AvgIpc) is 2.62. The van der Waals surface area contributed by atoms with Crippen LogP contribution in [-0.4, -0.2) is 57.4 Å². The van der Waals surface area contributed by atoms with E-state index in [-0.39, 0.29) is 12.6 Å². The van der Waals surface area contributed by atoms with E-state index >= 15 is 0 Å². The van der Waals surface area contributed by atoms with Gasteiger partial charge in [-0.1, -0.05) is 26.0 Å². The lowest BCUT2D eigenvalue weighted by molar-refractivity contribution is -0.132. The number of guanidine groups is 1. The first-order valence-corrected chi connectivity index (χ1v) is 8.73. The second kappa shape index (κ2) is 10.9. The van der Waals surface area contributed by atoms with Crippen LogP contribution in [0.3, 0.4) is 0 Å². The molecule has 0 spiro atoms. The predicted molar refractivity (Wildman–Crippen MR) is 98.7 cm³/mol. The zero-order valence-electron chi connectivity index (χ0n) is 15.9. The van der Waals surface area contributed by atoms with Crippen LogP contribution >= 0.6 is 0 Å². The molecule has 0 aromatic heterocycles. The number of hydrogen-bond acceptors (Lipinski definition) is 3. The van der Waals surface area contributed by atoms with Crippen molar-refractivity contribution in [1.82, 2.24) is 15.5 Å². The third-order valence-electron chi connectivity index (χ3n) is 4.12. The molecule has 1 unspecified atom stereocenters. The first-order chi connectivity index (χ1) is 12.3. The van der Waals surface area contributed by atoms with Crippen LogP contribution in [0.15, 0.2) is 29.3 Å². The van der Waals surface area contributed by atoms with Crippen molar-refractivity contribution in [3.05, 3.63) is 29.8 Å². The van der Waals surface area contributed by atoms with Crippen LogP contribution in [0.25, 0.3) is 0 Å². The summed E-state index contributed by atoms with van der Waals surface area (Å²) in [4.78, 5) is 6.27. The van der Waals surface area contributed by atoms with Crippen molar-refractivity contribution >= 4 is 5.96 Å². The Kier molecular flexibility index (Phi) is 9.26. The third kappa shape index (κ3) is 7.51. The number of halogens is 3.